The molecule has 1 unspecified atom stereocenters. The predicted molar refractivity (Wildman–Crippen MR) is 57.1 cm³/mol. The fraction of sp³-hybridized carbons (Fsp3) is 0.889. The molecule has 0 aromatic heterocycles. The van der Waals surface area contributed by atoms with E-state index in [-0.39, 0.29) is 5.91 Å². The zero-order valence-corrected chi connectivity index (χ0v) is 9.02. The van der Waals surface area contributed by atoms with Crippen LogP contribution in [0.5, 0.6) is 0 Å². The lowest BCUT2D eigenvalue weighted by Crippen LogP contribution is -2.47. The first-order valence-electron chi connectivity index (χ1n) is 4.88. The van der Waals surface area contributed by atoms with Crippen molar-refractivity contribution in [1.29, 1.82) is 0 Å². The Kier molecular flexibility index (Phi) is 4.59. The van der Waals surface area contributed by atoms with Gasteiger partial charge in [0.05, 0.1) is 5.75 Å². The SMILES string of the molecule is CCN1CCCC(NC(=O)CS)C1. The highest BCUT2D eigenvalue weighted by Crippen LogP contribution is 2.09. The van der Waals surface area contributed by atoms with Crippen LogP contribution in [-0.2, 0) is 4.79 Å². The summed E-state index contributed by atoms with van der Waals surface area (Å²) in [6.07, 6.45) is 2.29. The third-order valence-electron chi connectivity index (χ3n) is 2.46. The van der Waals surface area contributed by atoms with Crippen LogP contribution in [0.1, 0.15) is 19.8 Å². The van der Waals surface area contributed by atoms with Gasteiger partial charge in [0.15, 0.2) is 0 Å². The Hall–Kier alpha value is -0.220. The molecular formula is C9H18N2OS. The van der Waals surface area contributed by atoms with Crippen molar-refractivity contribution in [3.05, 3.63) is 0 Å². The molecule has 1 heterocycles. The highest BCUT2D eigenvalue weighted by Gasteiger charge is 2.19. The number of piperidine rings is 1. The molecule has 1 fully saturated rings. The second-order valence-electron chi connectivity index (χ2n) is 3.46. The van der Waals surface area contributed by atoms with Crippen LogP contribution in [0.15, 0.2) is 0 Å². The first kappa shape index (κ1) is 10.9. The van der Waals surface area contributed by atoms with Crippen molar-refractivity contribution in [3.8, 4) is 0 Å². The number of hydrogen-bond donors (Lipinski definition) is 2. The summed E-state index contributed by atoms with van der Waals surface area (Å²) in [5.74, 6) is 0.342. The van der Waals surface area contributed by atoms with E-state index in [1.54, 1.807) is 0 Å². The van der Waals surface area contributed by atoms with Crippen LogP contribution in [0, 0.1) is 0 Å². The van der Waals surface area contributed by atoms with Gasteiger partial charge < -0.3 is 10.2 Å². The number of rotatable bonds is 3. The molecule has 1 atom stereocenters. The molecule has 1 saturated heterocycles. The Balaban J connectivity index is 2.29. The molecule has 13 heavy (non-hydrogen) atoms. The lowest BCUT2D eigenvalue weighted by molar-refractivity contribution is -0.119. The smallest absolute Gasteiger partial charge is 0.229 e. The fourth-order valence-electron chi connectivity index (χ4n) is 1.73. The summed E-state index contributed by atoms with van der Waals surface area (Å²) in [6.45, 7) is 5.40. The monoisotopic (exact) mass is 202 g/mol. The third kappa shape index (κ3) is 3.56. The Morgan fingerprint density at radius 2 is 2.46 bits per heavy atom. The van der Waals surface area contributed by atoms with Crippen LogP contribution < -0.4 is 5.32 Å². The molecule has 0 radical (unpaired) electrons. The molecular weight excluding hydrogens is 184 g/mol. The Morgan fingerprint density at radius 3 is 3.08 bits per heavy atom. The molecule has 1 N–H and O–H groups in total. The summed E-state index contributed by atoms with van der Waals surface area (Å²) in [7, 11) is 0. The van der Waals surface area contributed by atoms with Gasteiger partial charge in [0.2, 0.25) is 5.91 Å². The van der Waals surface area contributed by atoms with E-state index in [1.807, 2.05) is 0 Å². The minimum Gasteiger partial charge on any atom is -0.351 e. The van der Waals surface area contributed by atoms with Crippen LogP contribution in [0.25, 0.3) is 0 Å². The van der Waals surface area contributed by atoms with Gasteiger partial charge in [0.25, 0.3) is 0 Å². The summed E-state index contributed by atoms with van der Waals surface area (Å²) in [4.78, 5) is 13.4. The minimum absolute atomic E-state index is 0.0475. The fourth-order valence-corrected chi connectivity index (χ4v) is 1.83. The van der Waals surface area contributed by atoms with Crippen molar-refractivity contribution >= 4 is 18.5 Å². The average molecular weight is 202 g/mol. The first-order chi connectivity index (χ1) is 6.26. The molecule has 0 aromatic carbocycles. The van der Waals surface area contributed by atoms with Gasteiger partial charge in [0, 0.05) is 12.6 Å². The molecule has 0 aromatic rings. The maximum absolute atomic E-state index is 11.1. The largest absolute Gasteiger partial charge is 0.351 e. The van der Waals surface area contributed by atoms with E-state index in [2.05, 4.69) is 29.8 Å². The predicted octanol–water partition coefficient (Wildman–Crippen LogP) is 0.517. The maximum Gasteiger partial charge on any atom is 0.229 e. The molecule has 0 saturated carbocycles. The van der Waals surface area contributed by atoms with Crippen molar-refractivity contribution in [2.24, 2.45) is 0 Å². The zero-order valence-electron chi connectivity index (χ0n) is 8.12. The lowest BCUT2D eigenvalue weighted by Gasteiger charge is -2.32. The summed E-state index contributed by atoms with van der Waals surface area (Å²) >= 11 is 3.93. The second kappa shape index (κ2) is 5.50. The molecule has 1 amide bonds. The van der Waals surface area contributed by atoms with Gasteiger partial charge >= 0.3 is 0 Å². The van der Waals surface area contributed by atoms with Crippen LogP contribution >= 0.6 is 12.6 Å². The molecule has 0 aliphatic carbocycles. The normalized spacial score (nSPS) is 24.3. The summed E-state index contributed by atoms with van der Waals surface area (Å²) in [5, 5.41) is 2.98. The Labute approximate surface area is 85.3 Å². The zero-order chi connectivity index (χ0) is 9.68. The van der Waals surface area contributed by atoms with E-state index in [0.29, 0.717) is 11.8 Å². The first-order valence-corrected chi connectivity index (χ1v) is 5.52. The van der Waals surface area contributed by atoms with E-state index >= 15 is 0 Å². The van der Waals surface area contributed by atoms with Crippen molar-refractivity contribution < 1.29 is 4.79 Å². The summed E-state index contributed by atoms with van der Waals surface area (Å²) < 4.78 is 0. The number of thiol groups is 1. The van der Waals surface area contributed by atoms with Gasteiger partial charge in [0.1, 0.15) is 0 Å². The van der Waals surface area contributed by atoms with Gasteiger partial charge in [-0.05, 0) is 25.9 Å². The van der Waals surface area contributed by atoms with Crippen molar-refractivity contribution in [2.75, 3.05) is 25.4 Å². The van der Waals surface area contributed by atoms with Gasteiger partial charge in [-0.15, -0.1) is 0 Å². The highest BCUT2D eigenvalue weighted by atomic mass is 32.1. The number of likely N-dealkylation sites (tertiary alicyclic amines) is 1. The summed E-state index contributed by atoms with van der Waals surface area (Å²) in [6, 6.07) is 0.341. The van der Waals surface area contributed by atoms with E-state index in [0.717, 1.165) is 19.5 Å². The van der Waals surface area contributed by atoms with Crippen LogP contribution in [0.3, 0.4) is 0 Å². The van der Waals surface area contributed by atoms with E-state index in [1.165, 1.54) is 13.0 Å². The number of carbonyl (C=O) groups excluding carboxylic acids is 1. The van der Waals surface area contributed by atoms with Crippen LogP contribution in [0.2, 0.25) is 0 Å². The van der Waals surface area contributed by atoms with E-state index in [9.17, 15) is 4.79 Å². The number of carbonyl (C=O) groups is 1. The molecule has 0 spiro atoms. The number of likely N-dealkylation sites (N-methyl/N-ethyl adjacent to an activating group) is 1. The van der Waals surface area contributed by atoms with Gasteiger partial charge in [-0.25, -0.2) is 0 Å². The quantitative estimate of drug-likeness (QED) is 0.654. The lowest BCUT2D eigenvalue weighted by atomic mass is 10.1. The van der Waals surface area contributed by atoms with Crippen molar-refractivity contribution in [1.82, 2.24) is 10.2 Å². The number of nitrogens with zero attached hydrogens (tertiary/aromatic N) is 1. The Bertz CT molecular complexity index is 175. The molecule has 1 aliphatic heterocycles. The number of nitrogens with one attached hydrogen (secondary N) is 1. The third-order valence-corrected chi connectivity index (χ3v) is 2.75. The topological polar surface area (TPSA) is 32.3 Å². The number of amides is 1. The maximum atomic E-state index is 11.1. The molecule has 4 heteroatoms. The van der Waals surface area contributed by atoms with Gasteiger partial charge in [-0.1, -0.05) is 6.92 Å². The summed E-state index contributed by atoms with van der Waals surface area (Å²) in [5.41, 5.74) is 0. The Morgan fingerprint density at radius 1 is 1.69 bits per heavy atom. The van der Waals surface area contributed by atoms with E-state index in [4.69, 9.17) is 0 Å². The second-order valence-corrected chi connectivity index (χ2v) is 3.77. The molecule has 1 aliphatic rings. The van der Waals surface area contributed by atoms with Gasteiger partial charge in [-0.3, -0.25) is 4.79 Å². The van der Waals surface area contributed by atoms with Gasteiger partial charge in [-0.2, -0.15) is 12.6 Å². The highest BCUT2D eigenvalue weighted by molar-refractivity contribution is 7.81. The van der Waals surface area contributed by atoms with Crippen molar-refractivity contribution in [3.63, 3.8) is 0 Å². The van der Waals surface area contributed by atoms with Crippen LogP contribution in [0.4, 0.5) is 0 Å². The van der Waals surface area contributed by atoms with Crippen molar-refractivity contribution in [2.45, 2.75) is 25.8 Å². The average Bonchev–Trinajstić information content (AvgIpc) is 2.18. The molecule has 1 rings (SSSR count). The molecule has 76 valence electrons. The standard InChI is InChI=1S/C9H18N2OS/c1-2-11-5-3-4-8(6-11)10-9(12)7-13/h8,13H,2-7H2,1H3,(H,10,12). The minimum atomic E-state index is 0.0475. The molecule has 0 bridgehead atoms. The molecule has 3 nitrogen and oxygen atoms in total. The number of hydrogen-bond acceptors (Lipinski definition) is 3. The van der Waals surface area contributed by atoms with E-state index < -0.39 is 0 Å². The van der Waals surface area contributed by atoms with Crippen LogP contribution in [-0.4, -0.2) is 42.2 Å².